The van der Waals surface area contributed by atoms with Gasteiger partial charge in [0.1, 0.15) is 10.7 Å². The zero-order chi connectivity index (χ0) is 19.7. The maximum Gasteiger partial charge on any atom is 0.321 e. The zero-order valence-electron chi connectivity index (χ0n) is 14.8. The van der Waals surface area contributed by atoms with Crippen molar-refractivity contribution in [3.05, 3.63) is 64.2 Å². The predicted octanol–water partition coefficient (Wildman–Crippen LogP) is 4.68. The molecule has 4 rings (SSSR count). The molecule has 0 saturated carbocycles. The van der Waals surface area contributed by atoms with Gasteiger partial charge in [-0.05, 0) is 30.3 Å². The van der Waals surface area contributed by atoms with Crippen LogP contribution in [0.15, 0.2) is 48.5 Å². The fourth-order valence-corrected chi connectivity index (χ4v) is 4.62. The van der Waals surface area contributed by atoms with Crippen LogP contribution in [0.4, 0.5) is 14.9 Å². The van der Waals surface area contributed by atoms with Crippen molar-refractivity contribution in [2.45, 2.75) is 0 Å². The number of thiophene rings is 1. The van der Waals surface area contributed by atoms with Gasteiger partial charge >= 0.3 is 6.03 Å². The zero-order valence-corrected chi connectivity index (χ0v) is 16.4. The predicted molar refractivity (Wildman–Crippen MR) is 110 cm³/mol. The normalized spacial score (nSPS) is 14.4. The van der Waals surface area contributed by atoms with E-state index in [1.807, 2.05) is 24.3 Å². The standard InChI is InChI=1S/C20H17ClFN3O2S/c21-17-15-3-1-2-4-16(15)28-18(17)19(26)24-9-11-25(12-10-24)20(27)23-14-7-5-13(22)6-8-14/h1-8H,9-12H2,(H,23,27). The molecular formula is C20H17ClFN3O2S. The highest BCUT2D eigenvalue weighted by Gasteiger charge is 2.27. The molecule has 1 aliphatic heterocycles. The van der Waals surface area contributed by atoms with Gasteiger partial charge in [-0.3, -0.25) is 4.79 Å². The highest BCUT2D eigenvalue weighted by molar-refractivity contribution is 7.21. The Morgan fingerprint density at radius 2 is 1.61 bits per heavy atom. The Bertz CT molecular complexity index is 1030. The Morgan fingerprint density at radius 3 is 2.29 bits per heavy atom. The van der Waals surface area contributed by atoms with Crippen LogP contribution in [0.2, 0.25) is 5.02 Å². The van der Waals surface area contributed by atoms with E-state index in [0.29, 0.717) is 41.8 Å². The summed E-state index contributed by atoms with van der Waals surface area (Å²) in [6.45, 7) is 1.70. The second-order valence-corrected chi connectivity index (χ2v) is 7.89. The van der Waals surface area contributed by atoms with E-state index in [1.54, 1.807) is 9.80 Å². The Balaban J connectivity index is 1.39. The molecular weight excluding hydrogens is 401 g/mol. The van der Waals surface area contributed by atoms with Crippen LogP contribution in [-0.4, -0.2) is 47.9 Å². The molecule has 3 amide bonds. The van der Waals surface area contributed by atoms with E-state index in [0.717, 1.165) is 10.1 Å². The van der Waals surface area contributed by atoms with Gasteiger partial charge in [0.2, 0.25) is 0 Å². The molecule has 1 aromatic heterocycles. The lowest BCUT2D eigenvalue weighted by Gasteiger charge is -2.34. The van der Waals surface area contributed by atoms with E-state index in [-0.39, 0.29) is 17.8 Å². The van der Waals surface area contributed by atoms with Gasteiger partial charge < -0.3 is 15.1 Å². The summed E-state index contributed by atoms with van der Waals surface area (Å²) in [5, 5.41) is 4.11. The molecule has 8 heteroatoms. The van der Waals surface area contributed by atoms with Gasteiger partial charge in [0.15, 0.2) is 0 Å². The molecule has 0 spiro atoms. The first-order valence-electron chi connectivity index (χ1n) is 8.81. The molecule has 0 aliphatic carbocycles. The number of urea groups is 1. The summed E-state index contributed by atoms with van der Waals surface area (Å²) in [6.07, 6.45) is 0. The topological polar surface area (TPSA) is 52.7 Å². The Kier molecular flexibility index (Phi) is 5.19. The molecule has 1 aliphatic rings. The number of rotatable bonds is 2. The van der Waals surface area contributed by atoms with Crippen molar-refractivity contribution in [1.29, 1.82) is 0 Å². The van der Waals surface area contributed by atoms with Crippen LogP contribution < -0.4 is 5.32 Å². The van der Waals surface area contributed by atoms with Gasteiger partial charge in [0.05, 0.1) is 5.02 Å². The lowest BCUT2D eigenvalue weighted by atomic mass is 10.2. The summed E-state index contributed by atoms with van der Waals surface area (Å²) >= 11 is 7.80. The van der Waals surface area contributed by atoms with Gasteiger partial charge in [-0.15, -0.1) is 11.3 Å². The highest BCUT2D eigenvalue weighted by atomic mass is 35.5. The number of nitrogens with one attached hydrogen (secondary N) is 1. The van der Waals surface area contributed by atoms with Crippen molar-refractivity contribution in [2.24, 2.45) is 0 Å². The second kappa shape index (κ2) is 7.77. The minimum Gasteiger partial charge on any atom is -0.334 e. The molecule has 1 N–H and O–H groups in total. The molecule has 0 unspecified atom stereocenters. The first kappa shape index (κ1) is 18.7. The molecule has 28 heavy (non-hydrogen) atoms. The molecule has 1 fully saturated rings. The number of nitrogens with zero attached hydrogens (tertiary/aromatic N) is 2. The Hall–Kier alpha value is -2.64. The van der Waals surface area contributed by atoms with Crippen LogP contribution in [0.5, 0.6) is 0 Å². The number of carbonyl (C=O) groups is 2. The number of carbonyl (C=O) groups excluding carboxylic acids is 2. The van der Waals surface area contributed by atoms with Crippen molar-refractivity contribution in [3.8, 4) is 0 Å². The third kappa shape index (κ3) is 3.68. The lowest BCUT2D eigenvalue weighted by Crippen LogP contribution is -2.51. The Labute approximate surface area is 170 Å². The third-order valence-electron chi connectivity index (χ3n) is 4.68. The number of hydrogen-bond donors (Lipinski definition) is 1. The number of benzene rings is 2. The first-order chi connectivity index (χ1) is 13.5. The number of amides is 3. The molecule has 2 heterocycles. The SMILES string of the molecule is O=C(Nc1ccc(F)cc1)N1CCN(C(=O)c2sc3ccccc3c2Cl)CC1. The van der Waals surface area contributed by atoms with Gasteiger partial charge in [0.25, 0.3) is 5.91 Å². The molecule has 0 bridgehead atoms. The minimum atomic E-state index is -0.356. The summed E-state index contributed by atoms with van der Waals surface area (Å²) in [5.74, 6) is -0.463. The van der Waals surface area contributed by atoms with E-state index < -0.39 is 0 Å². The van der Waals surface area contributed by atoms with Crippen LogP contribution in [0, 0.1) is 5.82 Å². The quantitative estimate of drug-likeness (QED) is 0.658. The summed E-state index contributed by atoms with van der Waals surface area (Å²) in [5.41, 5.74) is 0.530. The van der Waals surface area contributed by atoms with E-state index in [1.165, 1.54) is 35.6 Å². The van der Waals surface area contributed by atoms with Crippen molar-refractivity contribution in [2.75, 3.05) is 31.5 Å². The van der Waals surface area contributed by atoms with Crippen molar-refractivity contribution in [3.63, 3.8) is 0 Å². The molecule has 2 aromatic carbocycles. The van der Waals surface area contributed by atoms with Crippen LogP contribution in [0.1, 0.15) is 9.67 Å². The van der Waals surface area contributed by atoms with Crippen LogP contribution in [0.3, 0.4) is 0 Å². The molecule has 3 aromatic rings. The maximum atomic E-state index is 13.0. The number of anilines is 1. The second-order valence-electron chi connectivity index (χ2n) is 6.46. The number of fused-ring (bicyclic) bond motifs is 1. The summed E-state index contributed by atoms with van der Waals surface area (Å²) in [6, 6.07) is 13.0. The summed E-state index contributed by atoms with van der Waals surface area (Å²) in [4.78, 5) is 29.1. The van der Waals surface area contributed by atoms with Crippen molar-refractivity contribution >= 4 is 50.6 Å². The van der Waals surface area contributed by atoms with E-state index in [2.05, 4.69) is 5.32 Å². The third-order valence-corrected chi connectivity index (χ3v) is 6.34. The highest BCUT2D eigenvalue weighted by Crippen LogP contribution is 2.36. The van der Waals surface area contributed by atoms with Crippen LogP contribution in [-0.2, 0) is 0 Å². The summed E-state index contributed by atoms with van der Waals surface area (Å²) < 4.78 is 13.9. The van der Waals surface area contributed by atoms with Gasteiger partial charge in [0, 0.05) is 42.0 Å². The number of hydrogen-bond acceptors (Lipinski definition) is 3. The van der Waals surface area contributed by atoms with E-state index in [9.17, 15) is 14.0 Å². The first-order valence-corrected chi connectivity index (χ1v) is 10.00. The fourth-order valence-electron chi connectivity index (χ4n) is 3.14. The average Bonchev–Trinajstić information content (AvgIpc) is 3.06. The molecule has 5 nitrogen and oxygen atoms in total. The van der Waals surface area contributed by atoms with Gasteiger partial charge in [-0.1, -0.05) is 29.8 Å². The molecule has 144 valence electrons. The number of halogens is 2. The van der Waals surface area contributed by atoms with E-state index >= 15 is 0 Å². The molecule has 0 atom stereocenters. The van der Waals surface area contributed by atoms with Crippen molar-refractivity contribution < 1.29 is 14.0 Å². The average molecular weight is 418 g/mol. The minimum absolute atomic E-state index is 0.107. The van der Waals surface area contributed by atoms with Gasteiger partial charge in [-0.25, -0.2) is 9.18 Å². The lowest BCUT2D eigenvalue weighted by molar-refractivity contribution is 0.0676. The van der Waals surface area contributed by atoms with Crippen molar-refractivity contribution in [1.82, 2.24) is 9.80 Å². The monoisotopic (exact) mass is 417 g/mol. The van der Waals surface area contributed by atoms with E-state index in [4.69, 9.17) is 11.6 Å². The molecule has 1 saturated heterocycles. The fraction of sp³-hybridized carbons (Fsp3) is 0.200. The van der Waals surface area contributed by atoms with Gasteiger partial charge in [-0.2, -0.15) is 0 Å². The largest absolute Gasteiger partial charge is 0.334 e. The summed E-state index contributed by atoms with van der Waals surface area (Å²) in [7, 11) is 0. The maximum absolute atomic E-state index is 13.0. The van der Waals surface area contributed by atoms with Crippen LogP contribution in [0.25, 0.3) is 10.1 Å². The van der Waals surface area contributed by atoms with Crippen LogP contribution >= 0.6 is 22.9 Å². The Morgan fingerprint density at radius 1 is 0.964 bits per heavy atom. The smallest absolute Gasteiger partial charge is 0.321 e. The molecule has 0 radical (unpaired) electrons. The number of piperazine rings is 1.